The molecule has 0 fully saturated rings. The molecule has 0 aliphatic rings. The zero-order valence-electron chi connectivity index (χ0n) is 13.7. The predicted octanol–water partition coefficient (Wildman–Crippen LogP) is 3.71. The lowest BCUT2D eigenvalue weighted by molar-refractivity contribution is 0.414. The molecule has 1 aromatic heterocycles. The average molecular weight is 331 g/mol. The van der Waals surface area contributed by atoms with Crippen molar-refractivity contribution in [3.8, 4) is 11.8 Å². The van der Waals surface area contributed by atoms with Gasteiger partial charge in [0.05, 0.1) is 18.7 Å². The van der Waals surface area contributed by atoms with Gasteiger partial charge in [0.25, 0.3) is 0 Å². The maximum absolute atomic E-state index is 8.83. The smallest absolute Gasteiger partial charge is 0.229 e. The minimum Gasteiger partial charge on any atom is -0.497 e. The zero-order chi connectivity index (χ0) is 17.5. The van der Waals surface area contributed by atoms with Crippen molar-refractivity contribution in [3.05, 3.63) is 71.9 Å². The van der Waals surface area contributed by atoms with Crippen LogP contribution in [-0.4, -0.2) is 17.1 Å². The minimum absolute atomic E-state index is 0.490. The first kappa shape index (κ1) is 16.3. The number of anilines is 3. The first-order chi connectivity index (χ1) is 12.3. The van der Waals surface area contributed by atoms with Crippen molar-refractivity contribution in [1.82, 2.24) is 9.97 Å². The van der Waals surface area contributed by atoms with E-state index in [1.165, 1.54) is 0 Å². The molecule has 3 aromatic rings. The number of hydrogen-bond acceptors (Lipinski definition) is 6. The third kappa shape index (κ3) is 4.45. The summed E-state index contributed by atoms with van der Waals surface area (Å²) in [6.07, 6.45) is 1.69. The van der Waals surface area contributed by atoms with Gasteiger partial charge in [-0.2, -0.15) is 10.2 Å². The first-order valence-electron chi connectivity index (χ1n) is 7.74. The summed E-state index contributed by atoms with van der Waals surface area (Å²) in [6, 6.07) is 18.9. The van der Waals surface area contributed by atoms with Gasteiger partial charge in [0.1, 0.15) is 11.6 Å². The molecule has 2 N–H and O–H groups in total. The van der Waals surface area contributed by atoms with Gasteiger partial charge in [-0.05, 0) is 48.0 Å². The van der Waals surface area contributed by atoms with E-state index in [9.17, 15) is 0 Å². The molecule has 0 spiro atoms. The monoisotopic (exact) mass is 331 g/mol. The molecule has 0 aliphatic carbocycles. The van der Waals surface area contributed by atoms with E-state index in [1.807, 2.05) is 42.5 Å². The second kappa shape index (κ2) is 7.79. The Kier molecular flexibility index (Phi) is 5.07. The van der Waals surface area contributed by atoms with Crippen molar-refractivity contribution in [2.24, 2.45) is 0 Å². The summed E-state index contributed by atoms with van der Waals surface area (Å²) in [5.74, 6) is 2.05. The van der Waals surface area contributed by atoms with Gasteiger partial charge in [-0.1, -0.05) is 12.1 Å². The van der Waals surface area contributed by atoms with Gasteiger partial charge >= 0.3 is 0 Å². The zero-order valence-corrected chi connectivity index (χ0v) is 13.7. The predicted molar refractivity (Wildman–Crippen MR) is 96.8 cm³/mol. The van der Waals surface area contributed by atoms with Crippen LogP contribution in [0.4, 0.5) is 17.5 Å². The van der Waals surface area contributed by atoms with E-state index in [2.05, 4.69) is 26.7 Å². The molecule has 124 valence electrons. The molecule has 1 heterocycles. The minimum atomic E-state index is 0.490. The number of nitrogens with zero attached hydrogens (tertiary/aromatic N) is 3. The van der Waals surface area contributed by atoms with Crippen LogP contribution in [0.5, 0.6) is 5.75 Å². The molecule has 25 heavy (non-hydrogen) atoms. The van der Waals surface area contributed by atoms with Crippen molar-refractivity contribution < 1.29 is 4.74 Å². The second-order valence-electron chi connectivity index (χ2n) is 5.28. The van der Waals surface area contributed by atoms with E-state index in [4.69, 9.17) is 10.00 Å². The SMILES string of the molecule is COc1ccc(CNc2ccnc(Nc3ccc(C#N)cc3)n2)cc1. The van der Waals surface area contributed by atoms with Crippen LogP contribution in [0.1, 0.15) is 11.1 Å². The van der Waals surface area contributed by atoms with E-state index >= 15 is 0 Å². The van der Waals surface area contributed by atoms with Gasteiger partial charge in [-0.3, -0.25) is 0 Å². The molecule has 0 amide bonds. The molecule has 2 aromatic carbocycles. The molecule has 0 radical (unpaired) electrons. The highest BCUT2D eigenvalue weighted by molar-refractivity contribution is 5.56. The van der Waals surface area contributed by atoms with Crippen LogP contribution in [0.2, 0.25) is 0 Å². The number of rotatable bonds is 6. The number of ether oxygens (including phenoxy) is 1. The summed E-state index contributed by atoms with van der Waals surface area (Å²) in [6.45, 7) is 0.650. The van der Waals surface area contributed by atoms with Crippen LogP contribution in [-0.2, 0) is 6.54 Å². The Balaban J connectivity index is 1.63. The molecule has 3 rings (SSSR count). The van der Waals surface area contributed by atoms with E-state index in [0.717, 1.165) is 22.8 Å². The summed E-state index contributed by atoms with van der Waals surface area (Å²) in [5.41, 5.74) is 2.56. The van der Waals surface area contributed by atoms with E-state index < -0.39 is 0 Å². The Morgan fingerprint density at radius 1 is 1.04 bits per heavy atom. The fourth-order valence-electron chi connectivity index (χ4n) is 2.21. The van der Waals surface area contributed by atoms with Crippen molar-refractivity contribution >= 4 is 17.5 Å². The highest BCUT2D eigenvalue weighted by atomic mass is 16.5. The van der Waals surface area contributed by atoms with Gasteiger partial charge in [-0.15, -0.1) is 0 Å². The lowest BCUT2D eigenvalue weighted by atomic mass is 10.2. The average Bonchev–Trinajstić information content (AvgIpc) is 2.68. The van der Waals surface area contributed by atoms with Crippen LogP contribution >= 0.6 is 0 Å². The molecule has 6 heteroatoms. The van der Waals surface area contributed by atoms with E-state index in [0.29, 0.717) is 18.1 Å². The standard InChI is InChI=1S/C19H17N5O/c1-25-17-8-4-15(5-9-17)13-22-18-10-11-21-19(24-18)23-16-6-2-14(12-20)3-7-16/h2-11H,13H2,1H3,(H2,21,22,23,24). The number of nitriles is 1. The summed E-state index contributed by atoms with van der Waals surface area (Å²) < 4.78 is 5.15. The summed E-state index contributed by atoms with van der Waals surface area (Å²) >= 11 is 0. The summed E-state index contributed by atoms with van der Waals surface area (Å²) in [7, 11) is 1.65. The number of aromatic nitrogens is 2. The van der Waals surface area contributed by atoms with Gasteiger partial charge < -0.3 is 15.4 Å². The van der Waals surface area contributed by atoms with Gasteiger partial charge in [-0.25, -0.2) is 4.98 Å². The Hall–Kier alpha value is -3.59. The Labute approximate surface area is 146 Å². The van der Waals surface area contributed by atoms with Crippen LogP contribution < -0.4 is 15.4 Å². The highest BCUT2D eigenvalue weighted by Crippen LogP contribution is 2.16. The fourth-order valence-corrected chi connectivity index (χ4v) is 2.21. The van der Waals surface area contributed by atoms with E-state index in [-0.39, 0.29) is 0 Å². The molecule has 0 bridgehead atoms. The molecule has 0 unspecified atom stereocenters. The van der Waals surface area contributed by atoms with Crippen molar-refractivity contribution in [1.29, 1.82) is 5.26 Å². The number of methoxy groups -OCH3 is 1. The van der Waals surface area contributed by atoms with Gasteiger partial charge in [0, 0.05) is 18.4 Å². The third-order valence-electron chi connectivity index (χ3n) is 3.56. The van der Waals surface area contributed by atoms with Crippen molar-refractivity contribution in [2.75, 3.05) is 17.7 Å². The number of benzene rings is 2. The summed E-state index contributed by atoms with van der Waals surface area (Å²) in [4.78, 5) is 8.65. The van der Waals surface area contributed by atoms with Crippen LogP contribution in [0.15, 0.2) is 60.8 Å². The lowest BCUT2D eigenvalue weighted by Crippen LogP contribution is -2.04. The van der Waals surface area contributed by atoms with Crippen LogP contribution in [0.3, 0.4) is 0 Å². The van der Waals surface area contributed by atoms with Crippen LogP contribution in [0, 0.1) is 11.3 Å². The molecular weight excluding hydrogens is 314 g/mol. The maximum atomic E-state index is 8.83. The quantitative estimate of drug-likeness (QED) is 0.716. The summed E-state index contributed by atoms with van der Waals surface area (Å²) in [5, 5.41) is 15.2. The molecule has 0 atom stereocenters. The molecule has 0 saturated carbocycles. The lowest BCUT2D eigenvalue weighted by Gasteiger charge is -2.09. The normalized spacial score (nSPS) is 9.92. The third-order valence-corrected chi connectivity index (χ3v) is 3.56. The molecule has 0 aliphatic heterocycles. The maximum Gasteiger partial charge on any atom is 0.229 e. The molecule has 0 saturated heterocycles. The molecule has 6 nitrogen and oxygen atoms in total. The Morgan fingerprint density at radius 2 is 1.80 bits per heavy atom. The van der Waals surface area contributed by atoms with Gasteiger partial charge in [0.2, 0.25) is 5.95 Å². The number of hydrogen-bond donors (Lipinski definition) is 2. The largest absolute Gasteiger partial charge is 0.497 e. The van der Waals surface area contributed by atoms with Crippen molar-refractivity contribution in [3.63, 3.8) is 0 Å². The topological polar surface area (TPSA) is 82.9 Å². The van der Waals surface area contributed by atoms with Gasteiger partial charge in [0.15, 0.2) is 0 Å². The number of nitrogens with one attached hydrogen (secondary N) is 2. The molecular formula is C19H17N5O. The van der Waals surface area contributed by atoms with E-state index in [1.54, 1.807) is 25.4 Å². The fraction of sp³-hybridized carbons (Fsp3) is 0.105. The Morgan fingerprint density at radius 3 is 2.48 bits per heavy atom. The second-order valence-corrected chi connectivity index (χ2v) is 5.28. The van der Waals surface area contributed by atoms with Crippen LogP contribution in [0.25, 0.3) is 0 Å². The Bertz CT molecular complexity index is 870. The van der Waals surface area contributed by atoms with Crippen molar-refractivity contribution in [2.45, 2.75) is 6.54 Å². The highest BCUT2D eigenvalue weighted by Gasteiger charge is 2.01. The first-order valence-corrected chi connectivity index (χ1v) is 7.74.